The number of carbonyl (C=O) groups excluding carboxylic acids is 1. The predicted octanol–water partition coefficient (Wildman–Crippen LogP) is 3.66. The molecule has 98 valence electrons. The van der Waals surface area contributed by atoms with Gasteiger partial charge in [-0.1, -0.05) is 25.0 Å². The van der Waals surface area contributed by atoms with Gasteiger partial charge in [0.25, 0.3) is 0 Å². The summed E-state index contributed by atoms with van der Waals surface area (Å²) in [6.07, 6.45) is 6.47. The molecule has 0 spiro atoms. The van der Waals surface area contributed by atoms with Gasteiger partial charge in [0, 0.05) is 6.42 Å². The Kier molecular flexibility index (Phi) is 7.05. The molecule has 0 aliphatic rings. The third kappa shape index (κ3) is 8.87. The molecular weight excluding hydrogens is 212 g/mol. The van der Waals surface area contributed by atoms with Crippen molar-refractivity contribution in [2.45, 2.75) is 59.0 Å². The summed E-state index contributed by atoms with van der Waals surface area (Å²) in [5.74, 6) is 0.576. The summed E-state index contributed by atoms with van der Waals surface area (Å²) >= 11 is 0. The Morgan fingerprint density at radius 2 is 2.06 bits per heavy atom. The van der Waals surface area contributed by atoms with E-state index in [0.29, 0.717) is 18.8 Å². The van der Waals surface area contributed by atoms with Crippen LogP contribution in [0.15, 0.2) is 24.3 Å². The fourth-order valence-electron chi connectivity index (χ4n) is 1.74. The number of allylic oxidation sites excluding steroid dienone is 2. The molecule has 0 unspecified atom stereocenters. The highest BCUT2D eigenvalue weighted by atomic mass is 16.3. The minimum atomic E-state index is -0.774. The average molecular weight is 238 g/mol. The molecule has 0 bridgehead atoms. The molecule has 0 rings (SSSR count). The summed E-state index contributed by atoms with van der Waals surface area (Å²) < 4.78 is 0. The first-order chi connectivity index (χ1) is 7.76. The summed E-state index contributed by atoms with van der Waals surface area (Å²) in [4.78, 5) is 11.5. The van der Waals surface area contributed by atoms with Crippen molar-refractivity contribution in [1.29, 1.82) is 0 Å². The van der Waals surface area contributed by atoms with Crippen molar-refractivity contribution < 1.29 is 9.90 Å². The predicted molar refractivity (Wildman–Crippen MR) is 72.9 cm³/mol. The number of hydrogen-bond donors (Lipinski definition) is 1. The first-order valence-corrected chi connectivity index (χ1v) is 6.30. The standard InChI is InChI=1S/C15H26O2/c1-6-15(5,17)9-7-8-13(4)11-14(16)10-12(2)3/h6,10,13,17H,1,7-9,11H2,2-5H3/t13-,15-/m0/s1. The number of carbonyl (C=O) groups is 1. The van der Waals surface area contributed by atoms with E-state index in [1.54, 1.807) is 19.1 Å². The molecule has 2 atom stereocenters. The van der Waals surface area contributed by atoms with Crippen LogP contribution in [0.4, 0.5) is 0 Å². The highest BCUT2D eigenvalue weighted by molar-refractivity contribution is 5.90. The second-order valence-electron chi connectivity index (χ2n) is 5.45. The maximum Gasteiger partial charge on any atom is 0.155 e. The molecule has 0 amide bonds. The second-order valence-corrected chi connectivity index (χ2v) is 5.45. The molecule has 0 aliphatic carbocycles. The largest absolute Gasteiger partial charge is 0.386 e. The second kappa shape index (κ2) is 7.44. The van der Waals surface area contributed by atoms with Crippen LogP contribution < -0.4 is 0 Å². The lowest BCUT2D eigenvalue weighted by molar-refractivity contribution is -0.115. The van der Waals surface area contributed by atoms with Crippen LogP contribution in [0, 0.1) is 5.92 Å². The molecule has 0 fully saturated rings. The fraction of sp³-hybridized carbons (Fsp3) is 0.667. The van der Waals surface area contributed by atoms with E-state index in [2.05, 4.69) is 13.5 Å². The van der Waals surface area contributed by atoms with Gasteiger partial charge in [0.15, 0.2) is 5.78 Å². The van der Waals surface area contributed by atoms with E-state index in [9.17, 15) is 9.90 Å². The Labute approximate surface area is 105 Å². The summed E-state index contributed by atoms with van der Waals surface area (Å²) in [5.41, 5.74) is 0.278. The summed E-state index contributed by atoms with van der Waals surface area (Å²) in [6.45, 7) is 11.3. The van der Waals surface area contributed by atoms with Crippen LogP contribution in [0.2, 0.25) is 0 Å². The van der Waals surface area contributed by atoms with Crippen LogP contribution >= 0.6 is 0 Å². The van der Waals surface area contributed by atoms with E-state index in [4.69, 9.17) is 0 Å². The lowest BCUT2D eigenvalue weighted by atomic mass is 9.93. The van der Waals surface area contributed by atoms with Gasteiger partial charge in [-0.05, 0) is 45.6 Å². The molecule has 0 aromatic carbocycles. The lowest BCUT2D eigenvalue weighted by Crippen LogP contribution is -2.20. The molecule has 0 heterocycles. The van der Waals surface area contributed by atoms with Gasteiger partial charge in [0.05, 0.1) is 5.60 Å². The van der Waals surface area contributed by atoms with Crippen molar-refractivity contribution in [3.8, 4) is 0 Å². The van der Waals surface area contributed by atoms with Crippen LogP contribution in [-0.4, -0.2) is 16.5 Å². The molecule has 17 heavy (non-hydrogen) atoms. The first-order valence-electron chi connectivity index (χ1n) is 6.30. The zero-order valence-electron chi connectivity index (χ0n) is 11.6. The van der Waals surface area contributed by atoms with Gasteiger partial charge in [-0.15, -0.1) is 6.58 Å². The van der Waals surface area contributed by atoms with Crippen molar-refractivity contribution in [1.82, 2.24) is 0 Å². The zero-order valence-corrected chi connectivity index (χ0v) is 11.6. The van der Waals surface area contributed by atoms with Crippen molar-refractivity contribution in [3.05, 3.63) is 24.3 Å². The van der Waals surface area contributed by atoms with E-state index in [0.717, 1.165) is 18.4 Å². The Morgan fingerprint density at radius 3 is 2.53 bits per heavy atom. The lowest BCUT2D eigenvalue weighted by Gasteiger charge is -2.19. The minimum Gasteiger partial charge on any atom is -0.386 e. The molecule has 0 aliphatic heterocycles. The summed E-state index contributed by atoms with van der Waals surface area (Å²) in [7, 11) is 0. The Bertz CT molecular complexity index is 283. The summed E-state index contributed by atoms with van der Waals surface area (Å²) in [6, 6.07) is 0. The highest BCUT2D eigenvalue weighted by Gasteiger charge is 2.15. The fourth-order valence-corrected chi connectivity index (χ4v) is 1.74. The monoisotopic (exact) mass is 238 g/mol. The maximum absolute atomic E-state index is 11.5. The van der Waals surface area contributed by atoms with E-state index in [1.807, 2.05) is 13.8 Å². The number of ketones is 1. The quantitative estimate of drug-likeness (QED) is 0.517. The van der Waals surface area contributed by atoms with Gasteiger partial charge in [0.2, 0.25) is 0 Å². The average Bonchev–Trinajstić information content (AvgIpc) is 2.15. The Balaban J connectivity index is 3.88. The van der Waals surface area contributed by atoms with Crippen LogP contribution in [0.1, 0.15) is 53.4 Å². The molecule has 2 nitrogen and oxygen atoms in total. The van der Waals surface area contributed by atoms with E-state index < -0.39 is 5.60 Å². The molecule has 1 N–H and O–H groups in total. The van der Waals surface area contributed by atoms with E-state index in [-0.39, 0.29) is 5.78 Å². The molecular formula is C15H26O2. The minimum absolute atomic E-state index is 0.202. The molecule has 0 radical (unpaired) electrons. The van der Waals surface area contributed by atoms with E-state index >= 15 is 0 Å². The molecule has 0 aromatic heterocycles. The van der Waals surface area contributed by atoms with Crippen LogP contribution in [-0.2, 0) is 4.79 Å². The van der Waals surface area contributed by atoms with E-state index in [1.165, 1.54) is 0 Å². The van der Waals surface area contributed by atoms with Gasteiger partial charge in [-0.3, -0.25) is 4.79 Å². The van der Waals surface area contributed by atoms with Crippen LogP contribution in [0.3, 0.4) is 0 Å². The van der Waals surface area contributed by atoms with Crippen LogP contribution in [0.25, 0.3) is 0 Å². The maximum atomic E-state index is 11.5. The van der Waals surface area contributed by atoms with Gasteiger partial charge in [0.1, 0.15) is 0 Å². The third-order valence-corrected chi connectivity index (χ3v) is 2.82. The molecule has 0 aromatic rings. The number of aliphatic hydroxyl groups is 1. The van der Waals surface area contributed by atoms with Gasteiger partial charge in [-0.25, -0.2) is 0 Å². The summed E-state index contributed by atoms with van der Waals surface area (Å²) in [5, 5.41) is 9.74. The zero-order chi connectivity index (χ0) is 13.5. The third-order valence-electron chi connectivity index (χ3n) is 2.82. The Hall–Kier alpha value is -0.890. The molecule has 2 heteroatoms. The van der Waals surface area contributed by atoms with Gasteiger partial charge in [-0.2, -0.15) is 0 Å². The van der Waals surface area contributed by atoms with Gasteiger partial charge >= 0.3 is 0 Å². The SMILES string of the molecule is C=C[C@](C)(O)CCC[C@H](C)CC(=O)C=C(C)C. The molecule has 0 saturated carbocycles. The topological polar surface area (TPSA) is 37.3 Å². The van der Waals surface area contributed by atoms with Crippen molar-refractivity contribution >= 4 is 5.78 Å². The molecule has 0 saturated heterocycles. The Morgan fingerprint density at radius 1 is 1.47 bits per heavy atom. The smallest absolute Gasteiger partial charge is 0.155 e. The van der Waals surface area contributed by atoms with Crippen molar-refractivity contribution in [2.75, 3.05) is 0 Å². The van der Waals surface area contributed by atoms with Crippen LogP contribution in [0.5, 0.6) is 0 Å². The number of rotatable bonds is 8. The van der Waals surface area contributed by atoms with Crippen molar-refractivity contribution in [3.63, 3.8) is 0 Å². The van der Waals surface area contributed by atoms with Gasteiger partial charge < -0.3 is 5.11 Å². The normalized spacial score (nSPS) is 15.8. The first kappa shape index (κ1) is 16.1. The number of hydrogen-bond acceptors (Lipinski definition) is 2. The highest BCUT2D eigenvalue weighted by Crippen LogP contribution is 2.19. The van der Waals surface area contributed by atoms with Crippen molar-refractivity contribution in [2.24, 2.45) is 5.92 Å².